The number of amides is 1. The fraction of sp³-hybridized carbons (Fsp3) is 0.833. The summed E-state index contributed by atoms with van der Waals surface area (Å²) in [6.07, 6.45) is 4.81. The third kappa shape index (κ3) is 3.83. The van der Waals surface area contributed by atoms with Crippen molar-refractivity contribution in [2.45, 2.75) is 51.5 Å². The molecule has 1 amide bonds. The molecule has 1 rings (SSSR count). The van der Waals surface area contributed by atoms with Gasteiger partial charge in [0.25, 0.3) is 0 Å². The van der Waals surface area contributed by atoms with E-state index in [9.17, 15) is 9.59 Å². The minimum atomic E-state index is -0.372. The molecule has 0 aromatic heterocycles. The van der Waals surface area contributed by atoms with E-state index in [1.807, 2.05) is 6.92 Å². The van der Waals surface area contributed by atoms with Crippen LogP contribution in [0.5, 0.6) is 0 Å². The highest BCUT2D eigenvalue weighted by atomic mass is 16.5. The van der Waals surface area contributed by atoms with Crippen LogP contribution in [0.15, 0.2) is 0 Å². The van der Waals surface area contributed by atoms with Gasteiger partial charge in [-0.25, -0.2) is 4.79 Å². The molecule has 4 heteroatoms. The average molecular weight is 227 g/mol. The second-order valence-electron chi connectivity index (χ2n) is 4.40. The summed E-state index contributed by atoms with van der Waals surface area (Å²) in [4.78, 5) is 22.7. The lowest BCUT2D eigenvalue weighted by molar-refractivity contribution is -0.123. The zero-order valence-corrected chi connectivity index (χ0v) is 10.1. The summed E-state index contributed by atoms with van der Waals surface area (Å²) in [5.41, 5.74) is 0. The molecule has 0 bridgehead atoms. The molecule has 0 radical (unpaired) electrons. The van der Waals surface area contributed by atoms with Crippen molar-refractivity contribution in [3.63, 3.8) is 0 Å². The highest BCUT2D eigenvalue weighted by Gasteiger charge is 2.26. The van der Waals surface area contributed by atoms with Crippen LogP contribution < -0.4 is 5.32 Å². The number of rotatable bonds is 4. The van der Waals surface area contributed by atoms with E-state index in [1.54, 1.807) is 0 Å². The van der Waals surface area contributed by atoms with Gasteiger partial charge in [-0.15, -0.1) is 0 Å². The van der Waals surface area contributed by atoms with Crippen LogP contribution in [0.3, 0.4) is 0 Å². The second-order valence-corrected chi connectivity index (χ2v) is 4.40. The monoisotopic (exact) mass is 227 g/mol. The number of carbonyl (C=O) groups is 2. The van der Waals surface area contributed by atoms with E-state index in [0.29, 0.717) is 12.2 Å². The standard InChI is InChI=1S/C12H21NO3/c1-3-4-11(14)9-5-7-10(8-6-9)13-12(15)16-2/h9-10H,3-8H2,1-2H3,(H,13,15). The van der Waals surface area contributed by atoms with E-state index in [1.165, 1.54) is 7.11 Å². The smallest absolute Gasteiger partial charge is 0.407 e. The molecule has 1 aliphatic carbocycles. The minimum Gasteiger partial charge on any atom is -0.453 e. The molecule has 1 N–H and O–H groups in total. The van der Waals surface area contributed by atoms with Crippen molar-refractivity contribution in [1.82, 2.24) is 5.32 Å². The van der Waals surface area contributed by atoms with E-state index in [-0.39, 0.29) is 18.1 Å². The summed E-state index contributed by atoms with van der Waals surface area (Å²) < 4.78 is 4.55. The Morgan fingerprint density at radius 1 is 1.25 bits per heavy atom. The first-order valence-corrected chi connectivity index (χ1v) is 6.04. The lowest BCUT2D eigenvalue weighted by Crippen LogP contribution is -2.38. The zero-order valence-electron chi connectivity index (χ0n) is 10.1. The molecule has 0 atom stereocenters. The first kappa shape index (κ1) is 13.0. The molecule has 1 saturated carbocycles. The Kier molecular flexibility index (Phi) is 5.29. The predicted molar refractivity (Wildman–Crippen MR) is 61.2 cm³/mol. The van der Waals surface area contributed by atoms with Gasteiger partial charge in [0, 0.05) is 18.4 Å². The quantitative estimate of drug-likeness (QED) is 0.801. The number of nitrogens with one attached hydrogen (secondary N) is 1. The average Bonchev–Trinajstić information content (AvgIpc) is 2.30. The number of Topliss-reactive ketones (excluding diaryl/α,β-unsaturated/α-hetero) is 1. The molecule has 0 spiro atoms. The first-order valence-electron chi connectivity index (χ1n) is 6.04. The molecular formula is C12H21NO3. The Labute approximate surface area is 96.7 Å². The van der Waals surface area contributed by atoms with Gasteiger partial charge < -0.3 is 10.1 Å². The largest absolute Gasteiger partial charge is 0.453 e. The van der Waals surface area contributed by atoms with Crippen LogP contribution in [0.4, 0.5) is 4.79 Å². The molecule has 0 saturated heterocycles. The van der Waals surface area contributed by atoms with Gasteiger partial charge in [-0.2, -0.15) is 0 Å². The van der Waals surface area contributed by atoms with Gasteiger partial charge in [0.15, 0.2) is 0 Å². The van der Waals surface area contributed by atoms with Gasteiger partial charge in [0.05, 0.1) is 7.11 Å². The van der Waals surface area contributed by atoms with Crippen LogP contribution >= 0.6 is 0 Å². The highest BCUT2D eigenvalue weighted by Crippen LogP contribution is 2.26. The number of carbonyl (C=O) groups excluding carboxylic acids is 2. The van der Waals surface area contributed by atoms with E-state index >= 15 is 0 Å². The molecular weight excluding hydrogens is 206 g/mol. The molecule has 0 aromatic rings. The summed E-state index contributed by atoms with van der Waals surface area (Å²) in [5.74, 6) is 0.606. The normalized spacial score (nSPS) is 24.9. The molecule has 0 heterocycles. The van der Waals surface area contributed by atoms with Crippen LogP contribution in [0.25, 0.3) is 0 Å². The lowest BCUT2D eigenvalue weighted by Gasteiger charge is -2.27. The van der Waals surface area contributed by atoms with Gasteiger partial charge in [-0.05, 0) is 32.1 Å². The number of methoxy groups -OCH3 is 1. The third-order valence-electron chi connectivity index (χ3n) is 3.19. The first-order chi connectivity index (χ1) is 7.67. The summed E-state index contributed by atoms with van der Waals surface area (Å²) in [5, 5.41) is 2.79. The SMILES string of the molecule is CCCC(=O)C1CCC(NC(=O)OC)CC1. The van der Waals surface area contributed by atoms with Crippen molar-refractivity contribution in [2.75, 3.05) is 7.11 Å². The Morgan fingerprint density at radius 3 is 2.38 bits per heavy atom. The number of ketones is 1. The number of ether oxygens (including phenoxy) is 1. The van der Waals surface area contributed by atoms with E-state index in [0.717, 1.165) is 32.1 Å². The van der Waals surface area contributed by atoms with Gasteiger partial charge in [-0.1, -0.05) is 6.92 Å². The maximum Gasteiger partial charge on any atom is 0.407 e. The van der Waals surface area contributed by atoms with Crippen molar-refractivity contribution < 1.29 is 14.3 Å². The van der Waals surface area contributed by atoms with Crippen molar-refractivity contribution >= 4 is 11.9 Å². The van der Waals surface area contributed by atoms with E-state index < -0.39 is 0 Å². The molecule has 0 aliphatic heterocycles. The Hall–Kier alpha value is -1.06. The van der Waals surface area contributed by atoms with Crippen molar-refractivity contribution in [2.24, 2.45) is 5.92 Å². The molecule has 0 unspecified atom stereocenters. The van der Waals surface area contributed by atoms with Crippen molar-refractivity contribution in [3.05, 3.63) is 0 Å². The zero-order chi connectivity index (χ0) is 12.0. The molecule has 92 valence electrons. The maximum absolute atomic E-state index is 11.7. The predicted octanol–water partition coefficient (Wildman–Crippen LogP) is 2.27. The summed E-state index contributed by atoms with van der Waals surface area (Å²) in [6.45, 7) is 2.03. The third-order valence-corrected chi connectivity index (χ3v) is 3.19. The summed E-state index contributed by atoms with van der Waals surface area (Å²) >= 11 is 0. The van der Waals surface area contributed by atoms with Crippen LogP contribution in [0, 0.1) is 5.92 Å². The van der Waals surface area contributed by atoms with Crippen LogP contribution in [-0.2, 0) is 9.53 Å². The van der Waals surface area contributed by atoms with E-state index in [4.69, 9.17) is 0 Å². The van der Waals surface area contributed by atoms with Crippen LogP contribution in [0.1, 0.15) is 45.4 Å². The van der Waals surface area contributed by atoms with Gasteiger partial charge in [0.1, 0.15) is 5.78 Å². The van der Waals surface area contributed by atoms with Crippen LogP contribution in [0.2, 0.25) is 0 Å². The van der Waals surface area contributed by atoms with Crippen molar-refractivity contribution in [3.8, 4) is 0 Å². The van der Waals surface area contributed by atoms with Crippen molar-refractivity contribution in [1.29, 1.82) is 0 Å². The van der Waals surface area contributed by atoms with Gasteiger partial charge in [-0.3, -0.25) is 4.79 Å². The number of hydrogen-bond acceptors (Lipinski definition) is 3. The fourth-order valence-corrected chi connectivity index (χ4v) is 2.24. The second kappa shape index (κ2) is 6.51. The molecule has 16 heavy (non-hydrogen) atoms. The number of alkyl carbamates (subject to hydrolysis) is 1. The summed E-state index contributed by atoms with van der Waals surface area (Å²) in [7, 11) is 1.37. The summed E-state index contributed by atoms with van der Waals surface area (Å²) in [6, 6.07) is 0.179. The Balaban J connectivity index is 2.28. The fourth-order valence-electron chi connectivity index (χ4n) is 2.24. The van der Waals surface area contributed by atoms with Crippen LogP contribution in [-0.4, -0.2) is 25.0 Å². The highest BCUT2D eigenvalue weighted by molar-refractivity contribution is 5.81. The Morgan fingerprint density at radius 2 is 1.88 bits per heavy atom. The molecule has 4 nitrogen and oxygen atoms in total. The minimum absolute atomic E-state index is 0.179. The lowest BCUT2D eigenvalue weighted by atomic mass is 9.82. The van der Waals surface area contributed by atoms with Gasteiger partial charge >= 0.3 is 6.09 Å². The Bertz CT molecular complexity index is 245. The topological polar surface area (TPSA) is 55.4 Å². The molecule has 1 fully saturated rings. The van der Waals surface area contributed by atoms with E-state index in [2.05, 4.69) is 10.1 Å². The molecule has 1 aliphatic rings. The number of hydrogen-bond donors (Lipinski definition) is 1. The maximum atomic E-state index is 11.7. The molecule has 0 aromatic carbocycles. The van der Waals surface area contributed by atoms with Gasteiger partial charge in [0.2, 0.25) is 0 Å².